The maximum atomic E-state index is 6.05. The minimum atomic E-state index is 0.339. The summed E-state index contributed by atoms with van der Waals surface area (Å²) in [5.74, 6) is 0. The van der Waals surface area contributed by atoms with Crippen molar-refractivity contribution < 1.29 is 9.47 Å². The van der Waals surface area contributed by atoms with E-state index in [0.717, 1.165) is 19.2 Å². The molecule has 3 aliphatic rings. The summed E-state index contributed by atoms with van der Waals surface area (Å²) in [4.78, 5) is 2.38. The molecule has 110 valence electrons. The second-order valence-corrected chi connectivity index (χ2v) is 6.48. The Hall–Kier alpha value is -0.160. The Bertz CT molecular complexity index is 275. The van der Waals surface area contributed by atoms with Crippen LogP contribution in [0, 0.1) is 0 Å². The van der Waals surface area contributed by atoms with Crippen molar-refractivity contribution >= 4 is 0 Å². The van der Waals surface area contributed by atoms with Gasteiger partial charge in [0.15, 0.2) is 0 Å². The third-order valence-electron chi connectivity index (χ3n) is 4.59. The average Bonchev–Trinajstić information content (AvgIpc) is 3.15. The topological polar surface area (TPSA) is 33.7 Å². The van der Waals surface area contributed by atoms with E-state index in [4.69, 9.17) is 9.47 Å². The van der Waals surface area contributed by atoms with E-state index in [1.807, 2.05) is 0 Å². The van der Waals surface area contributed by atoms with E-state index in [0.29, 0.717) is 18.3 Å². The van der Waals surface area contributed by atoms with E-state index in [9.17, 15) is 0 Å². The van der Waals surface area contributed by atoms with Gasteiger partial charge in [0.1, 0.15) is 0 Å². The third kappa shape index (κ3) is 4.42. The third-order valence-corrected chi connectivity index (χ3v) is 4.59. The molecule has 0 aromatic heterocycles. The van der Waals surface area contributed by atoms with Crippen LogP contribution in [0.4, 0.5) is 0 Å². The van der Waals surface area contributed by atoms with Crippen molar-refractivity contribution in [2.75, 3.05) is 33.3 Å². The molecule has 1 aliphatic carbocycles. The second kappa shape index (κ2) is 6.53. The molecule has 4 heteroatoms. The van der Waals surface area contributed by atoms with Gasteiger partial charge in [0.25, 0.3) is 0 Å². The van der Waals surface area contributed by atoms with Gasteiger partial charge in [0.2, 0.25) is 0 Å². The molecule has 0 aromatic carbocycles. The van der Waals surface area contributed by atoms with Gasteiger partial charge in [-0.25, -0.2) is 0 Å². The van der Waals surface area contributed by atoms with Gasteiger partial charge in [-0.05, 0) is 45.6 Å². The smallest absolute Gasteiger partial charge is 0.0814 e. The number of nitrogens with one attached hydrogen (secondary N) is 1. The SMILES string of the molecule is CN1CCC(OCC2CCC(CNC3CC3)O2)CC1. The Labute approximate surface area is 116 Å². The zero-order chi connectivity index (χ0) is 13.1. The highest BCUT2D eigenvalue weighted by Crippen LogP contribution is 2.23. The summed E-state index contributed by atoms with van der Waals surface area (Å²) >= 11 is 0. The first-order valence-electron chi connectivity index (χ1n) is 7.98. The maximum absolute atomic E-state index is 6.05. The molecule has 0 aromatic rings. The van der Waals surface area contributed by atoms with Crippen LogP contribution in [0.1, 0.15) is 38.5 Å². The van der Waals surface area contributed by atoms with Crippen LogP contribution >= 0.6 is 0 Å². The number of ether oxygens (including phenoxy) is 2. The minimum Gasteiger partial charge on any atom is -0.375 e. The average molecular weight is 268 g/mol. The number of hydrogen-bond acceptors (Lipinski definition) is 4. The van der Waals surface area contributed by atoms with E-state index in [1.54, 1.807) is 0 Å². The fraction of sp³-hybridized carbons (Fsp3) is 1.00. The molecule has 4 nitrogen and oxygen atoms in total. The van der Waals surface area contributed by atoms with E-state index >= 15 is 0 Å². The van der Waals surface area contributed by atoms with Crippen LogP contribution in [-0.2, 0) is 9.47 Å². The number of likely N-dealkylation sites (tertiary alicyclic amines) is 1. The summed E-state index contributed by atoms with van der Waals surface area (Å²) in [5, 5.41) is 3.56. The van der Waals surface area contributed by atoms with Crippen molar-refractivity contribution in [1.82, 2.24) is 10.2 Å². The van der Waals surface area contributed by atoms with Gasteiger partial charge in [0.05, 0.1) is 24.9 Å². The molecule has 0 spiro atoms. The lowest BCUT2D eigenvalue weighted by atomic mass is 10.1. The quantitative estimate of drug-likeness (QED) is 0.789. The molecular formula is C15H28N2O2. The van der Waals surface area contributed by atoms with Gasteiger partial charge in [-0.2, -0.15) is 0 Å². The van der Waals surface area contributed by atoms with Crippen LogP contribution in [0.2, 0.25) is 0 Å². The molecule has 19 heavy (non-hydrogen) atoms. The molecule has 0 radical (unpaired) electrons. The van der Waals surface area contributed by atoms with Crippen molar-refractivity contribution in [3.63, 3.8) is 0 Å². The molecule has 0 amide bonds. The molecule has 2 saturated heterocycles. The van der Waals surface area contributed by atoms with E-state index < -0.39 is 0 Å². The lowest BCUT2D eigenvalue weighted by Crippen LogP contribution is -2.35. The normalized spacial score (nSPS) is 33.9. The van der Waals surface area contributed by atoms with Gasteiger partial charge in [-0.15, -0.1) is 0 Å². The van der Waals surface area contributed by atoms with Crippen LogP contribution in [0.3, 0.4) is 0 Å². The second-order valence-electron chi connectivity index (χ2n) is 6.48. The van der Waals surface area contributed by atoms with Gasteiger partial charge in [0, 0.05) is 25.7 Å². The fourth-order valence-electron chi connectivity index (χ4n) is 3.03. The molecule has 1 N–H and O–H groups in total. The molecular weight excluding hydrogens is 240 g/mol. The molecule has 3 rings (SSSR count). The molecule has 0 bridgehead atoms. The Morgan fingerprint density at radius 3 is 2.53 bits per heavy atom. The standard InChI is InChI=1S/C15H28N2O2/c1-17-8-6-13(7-9-17)18-11-15-5-4-14(19-15)10-16-12-2-3-12/h12-16H,2-11H2,1H3. The highest BCUT2D eigenvalue weighted by molar-refractivity contribution is 4.84. The fourth-order valence-corrected chi connectivity index (χ4v) is 3.03. The highest BCUT2D eigenvalue weighted by atomic mass is 16.5. The van der Waals surface area contributed by atoms with Crippen LogP contribution < -0.4 is 5.32 Å². The van der Waals surface area contributed by atoms with Crippen LogP contribution in [0.25, 0.3) is 0 Å². The number of hydrogen-bond donors (Lipinski definition) is 1. The summed E-state index contributed by atoms with van der Waals surface area (Å²) in [6, 6.07) is 0.790. The molecule has 2 unspecified atom stereocenters. The first-order chi connectivity index (χ1) is 9.29. The van der Waals surface area contributed by atoms with Crippen molar-refractivity contribution in [2.24, 2.45) is 0 Å². The lowest BCUT2D eigenvalue weighted by Gasteiger charge is -2.29. The van der Waals surface area contributed by atoms with Crippen molar-refractivity contribution in [1.29, 1.82) is 0 Å². The zero-order valence-corrected chi connectivity index (χ0v) is 12.1. The number of piperidine rings is 1. The first kappa shape index (κ1) is 13.8. The van der Waals surface area contributed by atoms with Gasteiger partial charge in [-0.3, -0.25) is 0 Å². The molecule has 1 saturated carbocycles. The predicted octanol–water partition coefficient (Wildman–Crippen LogP) is 1.40. The Morgan fingerprint density at radius 2 is 1.79 bits per heavy atom. The van der Waals surface area contributed by atoms with Gasteiger partial charge in [-0.1, -0.05) is 0 Å². The van der Waals surface area contributed by atoms with E-state index in [-0.39, 0.29) is 0 Å². The van der Waals surface area contributed by atoms with E-state index in [2.05, 4.69) is 17.3 Å². The van der Waals surface area contributed by atoms with E-state index in [1.165, 1.54) is 51.6 Å². The van der Waals surface area contributed by atoms with Crippen LogP contribution in [-0.4, -0.2) is 62.5 Å². The zero-order valence-electron chi connectivity index (χ0n) is 12.1. The minimum absolute atomic E-state index is 0.339. The largest absolute Gasteiger partial charge is 0.375 e. The first-order valence-corrected chi connectivity index (χ1v) is 7.98. The van der Waals surface area contributed by atoms with Crippen molar-refractivity contribution in [3.8, 4) is 0 Å². The summed E-state index contributed by atoms with van der Waals surface area (Å²) < 4.78 is 12.1. The molecule has 3 fully saturated rings. The molecule has 2 aliphatic heterocycles. The number of rotatable bonds is 6. The van der Waals surface area contributed by atoms with Gasteiger partial charge >= 0.3 is 0 Å². The molecule has 2 atom stereocenters. The van der Waals surface area contributed by atoms with Crippen LogP contribution in [0.5, 0.6) is 0 Å². The monoisotopic (exact) mass is 268 g/mol. The maximum Gasteiger partial charge on any atom is 0.0814 e. The lowest BCUT2D eigenvalue weighted by molar-refractivity contribution is -0.0550. The summed E-state index contributed by atoms with van der Waals surface area (Å²) in [7, 11) is 2.19. The summed E-state index contributed by atoms with van der Waals surface area (Å²) in [6.45, 7) is 4.18. The van der Waals surface area contributed by atoms with Crippen molar-refractivity contribution in [3.05, 3.63) is 0 Å². The Morgan fingerprint density at radius 1 is 1.05 bits per heavy atom. The highest BCUT2D eigenvalue weighted by Gasteiger charge is 2.29. The Kier molecular flexibility index (Phi) is 4.74. The summed E-state index contributed by atoms with van der Waals surface area (Å²) in [5.41, 5.74) is 0. The van der Waals surface area contributed by atoms with Crippen molar-refractivity contribution in [2.45, 2.75) is 62.9 Å². The molecule has 2 heterocycles. The van der Waals surface area contributed by atoms with Crippen LogP contribution in [0.15, 0.2) is 0 Å². The predicted molar refractivity (Wildman–Crippen MR) is 75.4 cm³/mol. The Balaban J connectivity index is 1.28. The van der Waals surface area contributed by atoms with Gasteiger partial charge < -0.3 is 19.7 Å². The summed E-state index contributed by atoms with van der Waals surface area (Å²) in [6.07, 6.45) is 8.65. The number of nitrogens with zero attached hydrogens (tertiary/aromatic N) is 1.